The molecule has 0 radical (unpaired) electrons. The number of para-hydroxylation sites is 1. The van der Waals surface area contributed by atoms with E-state index in [0.717, 1.165) is 47.8 Å². The first-order valence-corrected chi connectivity index (χ1v) is 9.12. The van der Waals surface area contributed by atoms with Crippen LogP contribution in [0.4, 0.5) is 5.69 Å². The fourth-order valence-corrected chi connectivity index (χ4v) is 4.06. The van der Waals surface area contributed by atoms with Gasteiger partial charge in [0.1, 0.15) is 11.0 Å². The number of carbonyl (C=O) groups is 1. The summed E-state index contributed by atoms with van der Waals surface area (Å²) in [5.74, 6) is 0.801. The van der Waals surface area contributed by atoms with Gasteiger partial charge in [-0.25, -0.2) is 0 Å². The minimum atomic E-state index is -0.236. The third-order valence-electron chi connectivity index (χ3n) is 4.22. The maximum Gasteiger partial charge on any atom is 0.242 e. The number of amides is 1. The van der Waals surface area contributed by atoms with E-state index in [-0.39, 0.29) is 17.4 Å². The minimum absolute atomic E-state index is 0.0167. The standard InChI is InChI=1S/C19H19NO3S/c21-19-18(24-16-6-2-1-5-15(16)20-19)13-8-10-14(11-9-13)23-17-7-3-4-12-22-17/h1-2,5-6,8-11,17-18H,3-4,7,12H2,(H,20,21). The lowest BCUT2D eigenvalue weighted by atomic mass is 10.1. The number of thioether (sulfide) groups is 1. The van der Waals surface area contributed by atoms with Gasteiger partial charge in [0.05, 0.1) is 12.3 Å². The third kappa shape index (κ3) is 3.28. The van der Waals surface area contributed by atoms with Crippen molar-refractivity contribution in [1.29, 1.82) is 0 Å². The highest BCUT2D eigenvalue weighted by molar-refractivity contribution is 8.00. The van der Waals surface area contributed by atoms with Gasteiger partial charge >= 0.3 is 0 Å². The van der Waals surface area contributed by atoms with Crippen molar-refractivity contribution in [3.63, 3.8) is 0 Å². The number of fused-ring (bicyclic) bond motifs is 1. The number of carbonyl (C=O) groups excluding carboxylic acids is 1. The van der Waals surface area contributed by atoms with Crippen molar-refractivity contribution in [3.05, 3.63) is 54.1 Å². The molecule has 4 rings (SSSR count). The molecule has 2 aromatic carbocycles. The largest absolute Gasteiger partial charge is 0.465 e. The van der Waals surface area contributed by atoms with Gasteiger partial charge in [0.15, 0.2) is 6.29 Å². The third-order valence-corrected chi connectivity index (χ3v) is 5.55. The molecule has 0 bridgehead atoms. The van der Waals surface area contributed by atoms with E-state index >= 15 is 0 Å². The maximum atomic E-state index is 12.4. The lowest BCUT2D eigenvalue weighted by Crippen LogP contribution is -2.25. The molecule has 4 nitrogen and oxygen atoms in total. The van der Waals surface area contributed by atoms with Crippen LogP contribution < -0.4 is 10.1 Å². The van der Waals surface area contributed by atoms with Crippen molar-refractivity contribution < 1.29 is 14.3 Å². The average molecular weight is 341 g/mol. The first-order valence-electron chi connectivity index (χ1n) is 8.24. The summed E-state index contributed by atoms with van der Waals surface area (Å²) < 4.78 is 11.4. The number of hydrogen-bond donors (Lipinski definition) is 1. The molecule has 2 unspecified atom stereocenters. The molecular weight excluding hydrogens is 322 g/mol. The van der Waals surface area contributed by atoms with Crippen molar-refractivity contribution in [3.8, 4) is 5.75 Å². The zero-order valence-corrected chi connectivity index (χ0v) is 14.1. The Morgan fingerprint density at radius 1 is 1.08 bits per heavy atom. The monoisotopic (exact) mass is 341 g/mol. The van der Waals surface area contributed by atoms with Gasteiger partial charge < -0.3 is 14.8 Å². The summed E-state index contributed by atoms with van der Waals surface area (Å²) >= 11 is 1.58. The van der Waals surface area contributed by atoms with Crippen LogP contribution in [0.5, 0.6) is 5.75 Å². The lowest BCUT2D eigenvalue weighted by molar-refractivity contribution is -0.116. The molecule has 2 atom stereocenters. The summed E-state index contributed by atoms with van der Waals surface area (Å²) in [4.78, 5) is 13.5. The number of rotatable bonds is 3. The summed E-state index contributed by atoms with van der Waals surface area (Å²) in [5, 5.41) is 2.74. The van der Waals surface area contributed by atoms with Crippen LogP contribution in [0.3, 0.4) is 0 Å². The number of ether oxygens (including phenoxy) is 2. The fourth-order valence-electron chi connectivity index (χ4n) is 2.95. The van der Waals surface area contributed by atoms with E-state index in [1.807, 2.05) is 48.5 Å². The first kappa shape index (κ1) is 15.5. The van der Waals surface area contributed by atoms with Crippen molar-refractivity contribution in [2.24, 2.45) is 0 Å². The molecule has 0 saturated carbocycles. The molecule has 0 aliphatic carbocycles. The Kier molecular flexibility index (Phi) is 4.45. The van der Waals surface area contributed by atoms with E-state index < -0.39 is 0 Å². The van der Waals surface area contributed by atoms with Crippen LogP contribution in [0, 0.1) is 0 Å². The first-order chi connectivity index (χ1) is 11.8. The van der Waals surface area contributed by atoms with Crippen molar-refractivity contribution in [1.82, 2.24) is 0 Å². The van der Waals surface area contributed by atoms with Crippen LogP contribution in [0.2, 0.25) is 0 Å². The number of benzene rings is 2. The quantitative estimate of drug-likeness (QED) is 0.900. The molecule has 1 fully saturated rings. The lowest BCUT2D eigenvalue weighted by Gasteiger charge is -2.25. The average Bonchev–Trinajstić information content (AvgIpc) is 2.63. The van der Waals surface area contributed by atoms with E-state index in [4.69, 9.17) is 9.47 Å². The number of anilines is 1. The smallest absolute Gasteiger partial charge is 0.242 e. The zero-order chi connectivity index (χ0) is 16.4. The molecule has 2 aliphatic rings. The SMILES string of the molecule is O=C1Nc2ccccc2SC1c1ccc(OC2CCCCO2)cc1. The summed E-state index contributed by atoms with van der Waals surface area (Å²) in [5.41, 5.74) is 1.86. The topological polar surface area (TPSA) is 47.6 Å². The predicted octanol–water partition coefficient (Wildman–Crippen LogP) is 4.38. The van der Waals surface area contributed by atoms with E-state index in [9.17, 15) is 4.79 Å². The molecule has 5 heteroatoms. The van der Waals surface area contributed by atoms with Gasteiger partial charge in [0.2, 0.25) is 5.91 Å². The number of nitrogens with one attached hydrogen (secondary N) is 1. The Hall–Kier alpha value is -1.98. The van der Waals surface area contributed by atoms with Gasteiger partial charge in [-0.05, 0) is 42.7 Å². The molecule has 124 valence electrons. The van der Waals surface area contributed by atoms with Crippen LogP contribution >= 0.6 is 11.8 Å². The normalized spacial score (nSPS) is 23.2. The van der Waals surface area contributed by atoms with Crippen LogP contribution in [0.15, 0.2) is 53.4 Å². The van der Waals surface area contributed by atoms with Gasteiger partial charge in [-0.3, -0.25) is 4.79 Å². The highest BCUT2D eigenvalue weighted by Crippen LogP contribution is 2.43. The second-order valence-electron chi connectivity index (χ2n) is 5.97. The highest BCUT2D eigenvalue weighted by atomic mass is 32.2. The van der Waals surface area contributed by atoms with E-state index in [2.05, 4.69) is 5.32 Å². The van der Waals surface area contributed by atoms with E-state index in [0.29, 0.717) is 0 Å². The summed E-state index contributed by atoms with van der Waals surface area (Å²) in [6.45, 7) is 0.765. The second-order valence-corrected chi connectivity index (χ2v) is 7.11. The summed E-state index contributed by atoms with van der Waals surface area (Å²) in [6.07, 6.45) is 3.03. The van der Waals surface area contributed by atoms with Crippen molar-refractivity contribution in [2.45, 2.75) is 35.7 Å². The molecule has 0 spiro atoms. The highest BCUT2D eigenvalue weighted by Gasteiger charge is 2.28. The van der Waals surface area contributed by atoms with Crippen LogP contribution in [-0.2, 0) is 9.53 Å². The predicted molar refractivity (Wildman–Crippen MR) is 94.3 cm³/mol. The fraction of sp³-hybridized carbons (Fsp3) is 0.316. The van der Waals surface area contributed by atoms with Gasteiger partial charge in [-0.1, -0.05) is 24.3 Å². The Balaban J connectivity index is 1.47. The zero-order valence-electron chi connectivity index (χ0n) is 13.2. The molecule has 0 aromatic heterocycles. The summed E-state index contributed by atoms with van der Waals surface area (Å²) in [7, 11) is 0. The summed E-state index contributed by atoms with van der Waals surface area (Å²) in [6, 6.07) is 15.6. The van der Waals surface area contributed by atoms with Crippen LogP contribution in [0.25, 0.3) is 0 Å². The maximum absolute atomic E-state index is 12.4. The van der Waals surface area contributed by atoms with Gasteiger partial charge in [-0.2, -0.15) is 0 Å². The second kappa shape index (κ2) is 6.87. The van der Waals surface area contributed by atoms with E-state index in [1.54, 1.807) is 11.8 Å². The Bertz CT molecular complexity index is 726. The Morgan fingerprint density at radius 2 is 1.92 bits per heavy atom. The van der Waals surface area contributed by atoms with Gasteiger partial charge in [0, 0.05) is 11.3 Å². The Labute approximate surface area is 145 Å². The van der Waals surface area contributed by atoms with E-state index in [1.165, 1.54) is 0 Å². The Morgan fingerprint density at radius 3 is 2.71 bits per heavy atom. The van der Waals surface area contributed by atoms with Crippen LogP contribution in [-0.4, -0.2) is 18.8 Å². The molecular formula is C19H19NO3S. The van der Waals surface area contributed by atoms with Gasteiger partial charge in [0.25, 0.3) is 0 Å². The van der Waals surface area contributed by atoms with Crippen molar-refractivity contribution >= 4 is 23.4 Å². The molecule has 24 heavy (non-hydrogen) atoms. The minimum Gasteiger partial charge on any atom is -0.465 e. The molecule has 1 N–H and O–H groups in total. The molecule has 1 saturated heterocycles. The molecule has 2 aliphatic heterocycles. The molecule has 2 heterocycles. The molecule has 1 amide bonds. The molecule has 2 aromatic rings. The van der Waals surface area contributed by atoms with Crippen molar-refractivity contribution in [2.75, 3.05) is 11.9 Å². The van der Waals surface area contributed by atoms with Crippen LogP contribution in [0.1, 0.15) is 30.1 Å². The van der Waals surface area contributed by atoms with Gasteiger partial charge in [-0.15, -0.1) is 11.8 Å². The number of hydrogen-bond acceptors (Lipinski definition) is 4.